The molecule has 0 aliphatic carbocycles. The summed E-state index contributed by atoms with van der Waals surface area (Å²) < 4.78 is 0. The van der Waals surface area contributed by atoms with E-state index in [1.54, 1.807) is 5.51 Å². The largest absolute Gasteiger partial charge is 0.261 e. The van der Waals surface area contributed by atoms with Crippen LogP contribution in [-0.4, -0.2) is 20.2 Å². The summed E-state index contributed by atoms with van der Waals surface area (Å²) in [6.45, 7) is 1.84. The first-order chi connectivity index (χ1) is 6.27. The lowest BCUT2D eigenvalue weighted by molar-refractivity contribution is 0.918. The maximum Gasteiger partial charge on any atom is 0.200 e. The van der Waals surface area contributed by atoms with E-state index in [0.29, 0.717) is 11.6 Å². The van der Waals surface area contributed by atoms with Crippen LogP contribution in [0.25, 0.3) is 11.5 Å². The van der Waals surface area contributed by atoms with Crippen LogP contribution < -0.4 is 0 Å². The summed E-state index contributed by atoms with van der Waals surface area (Å²) in [4.78, 5) is 8.29. The number of nitrogens with zero attached hydrogens (tertiary/aromatic N) is 3. The maximum atomic E-state index is 5.83. The van der Waals surface area contributed by atoms with Gasteiger partial charge in [0.25, 0.3) is 0 Å². The second kappa shape index (κ2) is 3.43. The number of hydrogen-bond acceptors (Lipinski definition) is 4. The summed E-state index contributed by atoms with van der Waals surface area (Å²) in [5.74, 6) is 1.27. The molecule has 4 nitrogen and oxygen atoms in total. The minimum absolute atomic E-state index is 0.153. The van der Waals surface area contributed by atoms with Crippen LogP contribution in [0.3, 0.4) is 0 Å². The summed E-state index contributed by atoms with van der Waals surface area (Å²) in [6, 6.07) is 0. The first-order valence-electron chi connectivity index (χ1n) is 3.72. The number of thiazole rings is 1. The lowest BCUT2D eigenvalue weighted by Gasteiger charge is -1.92. The predicted octanol–water partition coefficient (Wildman–Crippen LogP) is 2.23. The molecule has 0 fully saturated rings. The summed E-state index contributed by atoms with van der Waals surface area (Å²) in [7, 11) is 0. The predicted molar refractivity (Wildman–Crippen MR) is 51.8 cm³/mol. The van der Waals surface area contributed by atoms with Crippen LogP contribution in [0, 0.1) is 0 Å². The summed E-state index contributed by atoms with van der Waals surface area (Å²) in [5, 5.41) is 8.51. The lowest BCUT2D eigenvalue weighted by atomic mass is 10.4. The van der Waals surface area contributed by atoms with Crippen LogP contribution in [-0.2, 0) is 0 Å². The van der Waals surface area contributed by atoms with Crippen molar-refractivity contribution in [2.45, 2.75) is 12.3 Å². The van der Waals surface area contributed by atoms with E-state index in [0.717, 1.165) is 5.69 Å². The highest BCUT2D eigenvalue weighted by molar-refractivity contribution is 7.07. The molecule has 1 N–H and O–H groups in total. The van der Waals surface area contributed by atoms with Gasteiger partial charge in [0.05, 0.1) is 10.9 Å². The highest BCUT2D eigenvalue weighted by atomic mass is 35.5. The van der Waals surface area contributed by atoms with E-state index in [9.17, 15) is 0 Å². The highest BCUT2D eigenvalue weighted by Gasteiger charge is 2.10. The average Bonchev–Trinajstić information content (AvgIpc) is 2.75. The van der Waals surface area contributed by atoms with Crippen molar-refractivity contribution >= 4 is 22.9 Å². The Bertz CT molecular complexity index is 381. The molecule has 2 aromatic rings. The molecule has 2 heterocycles. The molecule has 68 valence electrons. The normalized spacial score (nSPS) is 13.1. The van der Waals surface area contributed by atoms with Gasteiger partial charge in [0, 0.05) is 5.38 Å². The van der Waals surface area contributed by atoms with E-state index in [2.05, 4.69) is 20.2 Å². The first-order valence-corrected chi connectivity index (χ1v) is 5.10. The fraction of sp³-hybridized carbons (Fsp3) is 0.286. The van der Waals surface area contributed by atoms with Crippen LogP contribution in [0.1, 0.15) is 18.1 Å². The lowest BCUT2D eigenvalue weighted by Crippen LogP contribution is -1.86. The zero-order valence-electron chi connectivity index (χ0n) is 6.86. The monoisotopic (exact) mass is 214 g/mol. The van der Waals surface area contributed by atoms with Crippen molar-refractivity contribution in [3.63, 3.8) is 0 Å². The molecule has 2 aromatic heterocycles. The number of H-pyrrole nitrogens is 1. The third-order valence-electron chi connectivity index (χ3n) is 1.54. The average molecular weight is 215 g/mol. The number of nitrogens with one attached hydrogen (secondary N) is 1. The maximum absolute atomic E-state index is 5.83. The van der Waals surface area contributed by atoms with Gasteiger partial charge >= 0.3 is 0 Å². The van der Waals surface area contributed by atoms with Crippen molar-refractivity contribution in [3.05, 3.63) is 16.7 Å². The molecule has 0 aromatic carbocycles. The second-order valence-electron chi connectivity index (χ2n) is 2.53. The molecular weight excluding hydrogens is 208 g/mol. The Balaban J connectivity index is 2.33. The Kier molecular flexibility index (Phi) is 2.28. The van der Waals surface area contributed by atoms with E-state index >= 15 is 0 Å². The van der Waals surface area contributed by atoms with Crippen molar-refractivity contribution in [1.29, 1.82) is 0 Å². The van der Waals surface area contributed by atoms with E-state index in [1.807, 2.05) is 12.3 Å². The van der Waals surface area contributed by atoms with Crippen LogP contribution in [0.15, 0.2) is 10.9 Å². The third kappa shape index (κ3) is 1.71. The fourth-order valence-electron chi connectivity index (χ4n) is 0.890. The quantitative estimate of drug-likeness (QED) is 0.780. The molecule has 0 amide bonds. The molecule has 0 radical (unpaired) electrons. The van der Waals surface area contributed by atoms with Crippen molar-refractivity contribution in [1.82, 2.24) is 20.2 Å². The molecule has 0 aliphatic heterocycles. The molecule has 1 atom stereocenters. The van der Waals surface area contributed by atoms with Gasteiger partial charge in [-0.25, -0.2) is 9.97 Å². The van der Waals surface area contributed by atoms with Crippen LogP contribution >= 0.6 is 22.9 Å². The molecular formula is C7H7ClN4S. The highest BCUT2D eigenvalue weighted by Crippen LogP contribution is 2.19. The Hall–Kier alpha value is -0.940. The number of aromatic nitrogens is 4. The van der Waals surface area contributed by atoms with Gasteiger partial charge in [0.1, 0.15) is 11.5 Å². The molecule has 0 bridgehead atoms. The van der Waals surface area contributed by atoms with Crippen LogP contribution in [0.2, 0.25) is 0 Å². The molecule has 0 saturated carbocycles. The summed E-state index contributed by atoms with van der Waals surface area (Å²) in [5.41, 5.74) is 2.53. The van der Waals surface area contributed by atoms with Crippen LogP contribution in [0.5, 0.6) is 0 Å². The Morgan fingerprint density at radius 3 is 3.00 bits per heavy atom. The van der Waals surface area contributed by atoms with Gasteiger partial charge in [-0.15, -0.1) is 22.9 Å². The first kappa shape index (κ1) is 8.65. The van der Waals surface area contributed by atoms with Gasteiger partial charge in [0.2, 0.25) is 5.82 Å². The number of hydrogen-bond donors (Lipinski definition) is 1. The zero-order chi connectivity index (χ0) is 9.26. The fourth-order valence-corrected chi connectivity index (χ4v) is 1.52. The minimum atomic E-state index is -0.153. The van der Waals surface area contributed by atoms with Gasteiger partial charge in [-0.2, -0.15) is 5.10 Å². The third-order valence-corrected chi connectivity index (χ3v) is 2.33. The zero-order valence-corrected chi connectivity index (χ0v) is 8.43. The van der Waals surface area contributed by atoms with Crippen molar-refractivity contribution < 1.29 is 0 Å². The van der Waals surface area contributed by atoms with Crippen LogP contribution in [0.4, 0.5) is 0 Å². The number of aromatic amines is 1. The number of halogens is 1. The van der Waals surface area contributed by atoms with Crippen molar-refractivity contribution in [2.75, 3.05) is 0 Å². The Morgan fingerprint density at radius 1 is 1.62 bits per heavy atom. The summed E-state index contributed by atoms with van der Waals surface area (Å²) >= 11 is 7.34. The SMILES string of the molecule is CC(Cl)c1nc(-c2cscn2)n[nH]1. The molecule has 0 saturated heterocycles. The van der Waals surface area contributed by atoms with Gasteiger partial charge in [-0.3, -0.25) is 5.10 Å². The van der Waals surface area contributed by atoms with E-state index in [1.165, 1.54) is 11.3 Å². The molecule has 2 rings (SSSR count). The standard InChI is InChI=1S/C7H7ClN4S/c1-4(8)6-10-7(12-11-6)5-2-13-3-9-5/h2-4H,1H3,(H,10,11,12). The Morgan fingerprint density at radius 2 is 2.46 bits per heavy atom. The second-order valence-corrected chi connectivity index (χ2v) is 3.91. The van der Waals surface area contributed by atoms with E-state index in [4.69, 9.17) is 11.6 Å². The van der Waals surface area contributed by atoms with Gasteiger partial charge in [-0.1, -0.05) is 0 Å². The van der Waals surface area contributed by atoms with E-state index < -0.39 is 0 Å². The molecule has 6 heteroatoms. The topological polar surface area (TPSA) is 54.5 Å². The molecule has 0 spiro atoms. The molecule has 13 heavy (non-hydrogen) atoms. The van der Waals surface area contributed by atoms with Crippen molar-refractivity contribution in [3.8, 4) is 11.5 Å². The summed E-state index contributed by atoms with van der Waals surface area (Å²) in [6.07, 6.45) is 0. The molecule has 1 unspecified atom stereocenters. The van der Waals surface area contributed by atoms with Gasteiger partial charge in [0.15, 0.2) is 0 Å². The van der Waals surface area contributed by atoms with E-state index in [-0.39, 0.29) is 5.38 Å². The van der Waals surface area contributed by atoms with Crippen molar-refractivity contribution in [2.24, 2.45) is 0 Å². The Labute approximate surface area is 84.0 Å². The van der Waals surface area contributed by atoms with Gasteiger partial charge < -0.3 is 0 Å². The smallest absolute Gasteiger partial charge is 0.200 e. The number of rotatable bonds is 2. The molecule has 0 aliphatic rings. The number of alkyl halides is 1. The van der Waals surface area contributed by atoms with Gasteiger partial charge in [-0.05, 0) is 6.92 Å². The minimum Gasteiger partial charge on any atom is -0.261 e.